The van der Waals surface area contributed by atoms with E-state index in [4.69, 9.17) is 0 Å². The molecule has 11 rings (SSSR count). The minimum absolute atomic E-state index is 0. The van der Waals surface area contributed by atoms with Crippen molar-refractivity contribution in [1.82, 2.24) is 0 Å². The van der Waals surface area contributed by atoms with E-state index in [0.717, 1.165) is 19.3 Å². The summed E-state index contributed by atoms with van der Waals surface area (Å²) < 4.78 is 0. The first-order valence-corrected chi connectivity index (χ1v) is 22.6. The molecule has 310 valence electrons. The highest BCUT2D eigenvalue weighted by Crippen LogP contribution is 2.54. The van der Waals surface area contributed by atoms with Crippen LogP contribution in [0.5, 0.6) is 0 Å². The molecule has 0 heteroatoms. The van der Waals surface area contributed by atoms with E-state index in [1.807, 2.05) is 0 Å². The lowest BCUT2D eigenvalue weighted by atomic mass is 9.61. The number of allylic oxidation sites excluding steroid dienone is 10. The predicted molar refractivity (Wildman–Crippen MR) is 271 cm³/mol. The minimum Gasteiger partial charge on any atom is -0.0833 e. The molecule has 5 aliphatic carbocycles. The van der Waals surface area contributed by atoms with Crippen molar-refractivity contribution >= 4 is 23.3 Å². The van der Waals surface area contributed by atoms with Crippen LogP contribution in [0.2, 0.25) is 0 Å². The van der Waals surface area contributed by atoms with Crippen LogP contribution < -0.4 is 10.4 Å². The maximum Gasteiger partial charge on any atom is 0.0227 e. The number of fused-ring (bicyclic) bond motifs is 7. The van der Waals surface area contributed by atoms with Crippen LogP contribution in [0.1, 0.15) is 101 Å². The summed E-state index contributed by atoms with van der Waals surface area (Å²) in [5.41, 5.74) is 23.8. The van der Waals surface area contributed by atoms with Gasteiger partial charge in [0, 0.05) is 16.2 Å². The normalized spacial score (nSPS) is 20.2. The van der Waals surface area contributed by atoms with Gasteiger partial charge in [-0.15, -0.1) is 0 Å². The summed E-state index contributed by atoms with van der Waals surface area (Å²) in [6.45, 7) is 14.3. The van der Waals surface area contributed by atoms with E-state index in [9.17, 15) is 0 Å². The molecule has 5 aliphatic rings. The summed E-state index contributed by atoms with van der Waals surface area (Å²) in [5.74, 6) is 0. The topological polar surface area (TPSA) is 0 Å². The van der Waals surface area contributed by atoms with Crippen molar-refractivity contribution in [3.05, 3.63) is 236 Å². The van der Waals surface area contributed by atoms with Crippen molar-refractivity contribution in [3.8, 4) is 33.4 Å². The molecule has 6 aromatic rings. The van der Waals surface area contributed by atoms with Crippen molar-refractivity contribution in [2.24, 2.45) is 5.41 Å². The van der Waals surface area contributed by atoms with Gasteiger partial charge in [-0.2, -0.15) is 0 Å². The highest BCUT2D eigenvalue weighted by Gasteiger charge is 2.42. The Labute approximate surface area is 375 Å². The Kier molecular flexibility index (Phi) is 9.72. The maximum absolute atomic E-state index is 2.55. The third-order valence-corrected chi connectivity index (χ3v) is 15.1. The van der Waals surface area contributed by atoms with E-state index in [1.54, 1.807) is 0 Å². The molecule has 1 unspecified atom stereocenters. The zero-order chi connectivity index (χ0) is 42.4. The Bertz CT molecular complexity index is 3210. The quantitative estimate of drug-likeness (QED) is 0.163. The molecule has 0 bridgehead atoms. The van der Waals surface area contributed by atoms with Crippen molar-refractivity contribution < 1.29 is 0 Å². The van der Waals surface area contributed by atoms with Crippen molar-refractivity contribution in [2.45, 2.75) is 79.1 Å². The van der Waals surface area contributed by atoms with Crippen LogP contribution in [0.4, 0.5) is 0 Å². The second kappa shape index (κ2) is 15.1. The van der Waals surface area contributed by atoms with Gasteiger partial charge in [0.05, 0.1) is 0 Å². The first kappa shape index (κ1) is 40.6. The molecule has 0 nitrogen and oxygen atoms in total. The average Bonchev–Trinajstić information content (AvgIpc) is 3.52. The minimum atomic E-state index is -0.275. The van der Waals surface area contributed by atoms with E-state index >= 15 is 0 Å². The molecule has 0 radical (unpaired) electrons. The standard InChI is InChI=1S/C62H54.CH4/c1-7-40(36-47-37-46-21-11-15-25-54(46)60(47,2)3)58-53-38-44(43-29-28-41-19-9-8-10-20-42(41)35-43)30-33-52(53)59(62(6)34-18-17-27-56(58)62)51-24-13-12-22-48(51)45-31-32-50-49-23-14-16-26-55(49)61(4,5)57(50)39-45;/h7,9-33,35-36,38-39H,8,34,37H2,1-6H3;1H4/b40-7+,47-36+;. The fraction of sp³-hybridized carbons (Fsp3) is 0.206. The van der Waals surface area contributed by atoms with Crippen LogP contribution in [0, 0.1) is 5.41 Å². The highest BCUT2D eigenvalue weighted by atomic mass is 14.4. The first-order valence-electron chi connectivity index (χ1n) is 22.6. The van der Waals surface area contributed by atoms with Gasteiger partial charge in [0.15, 0.2) is 0 Å². The van der Waals surface area contributed by atoms with Crippen molar-refractivity contribution in [2.75, 3.05) is 0 Å². The van der Waals surface area contributed by atoms with Gasteiger partial charge in [0.25, 0.3) is 0 Å². The molecule has 0 aromatic heterocycles. The number of hydrogen-bond acceptors (Lipinski definition) is 0. The molecule has 63 heavy (non-hydrogen) atoms. The first-order chi connectivity index (χ1) is 30.1. The van der Waals surface area contributed by atoms with Crippen LogP contribution in [0.3, 0.4) is 0 Å². The van der Waals surface area contributed by atoms with Gasteiger partial charge in [-0.25, -0.2) is 0 Å². The van der Waals surface area contributed by atoms with Crippen molar-refractivity contribution in [1.29, 1.82) is 0 Å². The Balaban J connectivity index is 0.00000471. The molecule has 0 fully saturated rings. The third-order valence-electron chi connectivity index (χ3n) is 15.1. The van der Waals surface area contributed by atoms with Gasteiger partial charge in [-0.05, 0) is 149 Å². The monoisotopic (exact) mass is 814 g/mol. The van der Waals surface area contributed by atoms with Gasteiger partial charge in [-0.1, -0.05) is 211 Å². The zero-order valence-corrected chi connectivity index (χ0v) is 36.9. The average molecular weight is 815 g/mol. The largest absolute Gasteiger partial charge is 0.0833 e. The van der Waals surface area contributed by atoms with Gasteiger partial charge in [0.1, 0.15) is 0 Å². The third kappa shape index (κ3) is 6.24. The number of benzene rings is 6. The molecule has 0 spiro atoms. The van der Waals surface area contributed by atoms with Crippen molar-refractivity contribution in [3.63, 3.8) is 0 Å². The fourth-order valence-electron chi connectivity index (χ4n) is 11.6. The van der Waals surface area contributed by atoms with Gasteiger partial charge in [-0.3, -0.25) is 0 Å². The maximum atomic E-state index is 2.55. The van der Waals surface area contributed by atoms with E-state index in [2.05, 4.69) is 224 Å². The molecule has 1 atom stereocenters. The van der Waals surface area contributed by atoms with Gasteiger partial charge < -0.3 is 0 Å². The Morgan fingerprint density at radius 1 is 0.556 bits per heavy atom. The molecular weight excluding hydrogens is 757 g/mol. The summed E-state index contributed by atoms with van der Waals surface area (Å²) in [5, 5.41) is 2.63. The summed E-state index contributed by atoms with van der Waals surface area (Å²) >= 11 is 0. The molecule has 0 amide bonds. The lowest BCUT2D eigenvalue weighted by molar-refractivity contribution is 0.547. The smallest absolute Gasteiger partial charge is 0.0227 e. The second-order valence-electron chi connectivity index (χ2n) is 19.3. The van der Waals surface area contributed by atoms with E-state index in [1.165, 1.54) is 111 Å². The van der Waals surface area contributed by atoms with E-state index in [-0.39, 0.29) is 23.7 Å². The van der Waals surface area contributed by atoms with E-state index in [0.29, 0.717) is 0 Å². The summed E-state index contributed by atoms with van der Waals surface area (Å²) in [6.07, 6.45) is 24.0. The lowest BCUT2D eigenvalue weighted by Gasteiger charge is -2.41. The summed E-state index contributed by atoms with van der Waals surface area (Å²) in [4.78, 5) is 0. The Morgan fingerprint density at radius 3 is 2.02 bits per heavy atom. The molecule has 0 heterocycles. The molecule has 0 saturated carbocycles. The van der Waals surface area contributed by atoms with Crippen LogP contribution in [-0.2, 0) is 17.3 Å². The molecule has 0 aliphatic heterocycles. The summed E-state index contributed by atoms with van der Waals surface area (Å²) in [6, 6.07) is 48.8. The van der Waals surface area contributed by atoms with Crippen LogP contribution >= 0.6 is 0 Å². The Morgan fingerprint density at radius 2 is 1.22 bits per heavy atom. The predicted octanol–water partition coefficient (Wildman–Crippen LogP) is 15.1. The molecule has 6 aromatic carbocycles. The van der Waals surface area contributed by atoms with E-state index < -0.39 is 0 Å². The van der Waals surface area contributed by atoms with Gasteiger partial charge in [0.2, 0.25) is 0 Å². The van der Waals surface area contributed by atoms with Crippen LogP contribution in [0.25, 0.3) is 56.7 Å². The zero-order valence-electron chi connectivity index (χ0n) is 36.9. The van der Waals surface area contributed by atoms with Crippen LogP contribution in [-0.4, -0.2) is 0 Å². The number of rotatable bonds is 5. The summed E-state index contributed by atoms with van der Waals surface area (Å²) in [7, 11) is 0. The SMILES string of the molecule is C.C/C=C(\C=C1/Cc2ccccc2C1(C)C)C1=c2cc(-c3ccc4c(c3)C=CCC=C4)ccc2=C(c2ccccc2-c2ccc3c(c2)C(C)(C)c2ccccc2-3)C2(C)CC=CC=C12. The highest BCUT2D eigenvalue weighted by molar-refractivity contribution is 5.96. The van der Waals surface area contributed by atoms with Crippen LogP contribution in [0.15, 0.2) is 187 Å². The number of hydrogen-bond donors (Lipinski definition) is 0. The molecular formula is C63H58. The second-order valence-corrected chi connectivity index (χ2v) is 19.3. The lowest BCUT2D eigenvalue weighted by Crippen LogP contribution is -2.43. The van der Waals surface area contributed by atoms with Gasteiger partial charge >= 0.3 is 0 Å². The molecule has 0 N–H and O–H groups in total. The molecule has 0 saturated heterocycles. The fourth-order valence-corrected chi connectivity index (χ4v) is 11.6. The Hall–Kier alpha value is -6.50.